The molecule has 1 atom stereocenters. The highest BCUT2D eigenvalue weighted by atomic mass is 16.5. The summed E-state index contributed by atoms with van der Waals surface area (Å²) in [4.78, 5) is 19.1. The molecular weight excluding hydrogens is 398 g/mol. The normalized spacial score (nSPS) is 15.7. The molecule has 2 aromatic carbocycles. The minimum atomic E-state index is -0.255. The van der Waals surface area contributed by atoms with E-state index in [0.717, 1.165) is 24.0 Å². The van der Waals surface area contributed by atoms with Crippen molar-refractivity contribution in [2.24, 2.45) is 0 Å². The predicted molar refractivity (Wildman–Crippen MR) is 113 cm³/mol. The van der Waals surface area contributed by atoms with Crippen LogP contribution in [0.3, 0.4) is 0 Å². The van der Waals surface area contributed by atoms with E-state index in [2.05, 4.69) is 10.1 Å². The highest BCUT2D eigenvalue weighted by Gasteiger charge is 2.34. The number of rotatable bonds is 7. The van der Waals surface area contributed by atoms with Gasteiger partial charge in [0.15, 0.2) is 18.1 Å². The van der Waals surface area contributed by atoms with Crippen LogP contribution in [0.1, 0.15) is 30.3 Å². The average Bonchev–Trinajstić information content (AvgIpc) is 3.46. The maximum atomic E-state index is 12.8. The van der Waals surface area contributed by atoms with E-state index in [4.69, 9.17) is 18.7 Å². The van der Waals surface area contributed by atoms with Crippen molar-refractivity contribution in [3.63, 3.8) is 0 Å². The zero-order chi connectivity index (χ0) is 21.8. The molecule has 1 unspecified atom stereocenters. The largest absolute Gasteiger partial charge is 0.493 e. The van der Waals surface area contributed by atoms with Crippen molar-refractivity contribution in [3.8, 4) is 28.6 Å². The molecule has 0 spiro atoms. The number of hydrogen-bond donors (Lipinski definition) is 0. The Bertz CT molecular complexity index is 1060. The summed E-state index contributed by atoms with van der Waals surface area (Å²) >= 11 is 0. The SMILES string of the molecule is COc1ccc(-c2noc(C3CCCN3C(=O)COc3cccc(C)c3)n2)cc1OC. The molecule has 1 aromatic heterocycles. The Morgan fingerprint density at radius 2 is 2.00 bits per heavy atom. The summed E-state index contributed by atoms with van der Waals surface area (Å²) in [6.45, 7) is 2.59. The van der Waals surface area contributed by atoms with E-state index >= 15 is 0 Å². The molecule has 4 rings (SSSR count). The lowest BCUT2D eigenvalue weighted by Gasteiger charge is -2.21. The van der Waals surface area contributed by atoms with E-state index in [1.807, 2.05) is 37.3 Å². The molecule has 1 fully saturated rings. The average molecular weight is 423 g/mol. The number of aryl methyl sites for hydroxylation is 1. The van der Waals surface area contributed by atoms with Crippen LogP contribution in [0.2, 0.25) is 0 Å². The monoisotopic (exact) mass is 423 g/mol. The molecule has 1 aliphatic rings. The summed E-state index contributed by atoms with van der Waals surface area (Å²) in [5, 5.41) is 4.11. The quantitative estimate of drug-likeness (QED) is 0.571. The van der Waals surface area contributed by atoms with Crippen molar-refractivity contribution in [2.45, 2.75) is 25.8 Å². The number of nitrogens with zero attached hydrogens (tertiary/aromatic N) is 3. The zero-order valence-electron chi connectivity index (χ0n) is 17.8. The van der Waals surface area contributed by atoms with Gasteiger partial charge in [-0.1, -0.05) is 17.3 Å². The number of likely N-dealkylation sites (tertiary alicyclic amines) is 1. The molecule has 8 nitrogen and oxygen atoms in total. The standard InChI is InChI=1S/C23H25N3O5/c1-15-6-4-7-17(12-15)30-14-21(27)26-11-5-8-18(26)23-24-22(25-31-23)16-9-10-19(28-2)20(13-16)29-3/h4,6-7,9-10,12-13,18H,5,8,11,14H2,1-3H3. The third kappa shape index (κ3) is 4.47. The molecule has 0 aliphatic carbocycles. The van der Waals surface area contributed by atoms with Crippen molar-refractivity contribution >= 4 is 5.91 Å². The Balaban J connectivity index is 1.47. The third-order valence-electron chi connectivity index (χ3n) is 5.29. The van der Waals surface area contributed by atoms with Crippen LogP contribution < -0.4 is 14.2 Å². The fourth-order valence-electron chi connectivity index (χ4n) is 3.72. The molecule has 0 bridgehead atoms. The lowest BCUT2D eigenvalue weighted by molar-refractivity contribution is -0.134. The fraction of sp³-hybridized carbons (Fsp3) is 0.348. The van der Waals surface area contributed by atoms with Crippen LogP contribution in [0.15, 0.2) is 47.0 Å². The molecule has 1 aliphatic heterocycles. The molecule has 0 saturated carbocycles. The van der Waals surface area contributed by atoms with Crippen molar-refractivity contribution in [2.75, 3.05) is 27.4 Å². The lowest BCUT2D eigenvalue weighted by Crippen LogP contribution is -2.34. The first-order valence-corrected chi connectivity index (χ1v) is 10.1. The molecule has 2 heterocycles. The number of carbonyl (C=O) groups is 1. The fourth-order valence-corrected chi connectivity index (χ4v) is 3.72. The van der Waals surface area contributed by atoms with Crippen molar-refractivity contribution < 1.29 is 23.5 Å². The maximum Gasteiger partial charge on any atom is 0.261 e. The lowest BCUT2D eigenvalue weighted by atomic mass is 10.2. The molecule has 8 heteroatoms. The Morgan fingerprint density at radius 1 is 1.16 bits per heavy atom. The predicted octanol–water partition coefficient (Wildman–Crippen LogP) is 3.80. The number of ether oxygens (including phenoxy) is 3. The number of carbonyl (C=O) groups excluding carboxylic acids is 1. The van der Waals surface area contributed by atoms with Crippen molar-refractivity contribution in [1.29, 1.82) is 0 Å². The Kier molecular flexibility index (Phi) is 6.06. The first-order chi connectivity index (χ1) is 15.1. The molecule has 3 aromatic rings. The summed E-state index contributed by atoms with van der Waals surface area (Å²) in [5.74, 6) is 2.64. The second-order valence-electron chi connectivity index (χ2n) is 7.38. The second-order valence-corrected chi connectivity index (χ2v) is 7.38. The summed E-state index contributed by atoms with van der Waals surface area (Å²) in [6, 6.07) is 12.8. The van der Waals surface area contributed by atoms with Crippen LogP contribution in [-0.2, 0) is 4.79 Å². The van der Waals surface area contributed by atoms with E-state index in [0.29, 0.717) is 35.5 Å². The number of benzene rings is 2. The third-order valence-corrected chi connectivity index (χ3v) is 5.29. The minimum Gasteiger partial charge on any atom is -0.493 e. The van der Waals surface area contributed by atoms with E-state index < -0.39 is 0 Å². The van der Waals surface area contributed by atoms with Gasteiger partial charge in [0.1, 0.15) is 11.8 Å². The van der Waals surface area contributed by atoms with Crippen molar-refractivity contribution in [3.05, 3.63) is 53.9 Å². The summed E-state index contributed by atoms with van der Waals surface area (Å²) in [7, 11) is 3.16. The first-order valence-electron chi connectivity index (χ1n) is 10.1. The van der Waals surface area contributed by atoms with Crippen molar-refractivity contribution in [1.82, 2.24) is 15.0 Å². The van der Waals surface area contributed by atoms with E-state index in [1.165, 1.54) is 0 Å². The van der Waals surface area contributed by atoms with Gasteiger partial charge in [-0.2, -0.15) is 4.98 Å². The molecular formula is C23H25N3O5. The topological polar surface area (TPSA) is 86.9 Å². The maximum absolute atomic E-state index is 12.8. The van der Waals surface area contributed by atoms with Crippen LogP contribution in [0.25, 0.3) is 11.4 Å². The van der Waals surface area contributed by atoms with Gasteiger partial charge in [0.05, 0.1) is 14.2 Å². The van der Waals surface area contributed by atoms with Gasteiger partial charge >= 0.3 is 0 Å². The summed E-state index contributed by atoms with van der Waals surface area (Å²) < 4.78 is 21.8. The number of amides is 1. The van der Waals surface area contributed by atoms with Crippen LogP contribution in [-0.4, -0.2) is 48.3 Å². The first kappa shape index (κ1) is 20.7. The number of hydrogen-bond acceptors (Lipinski definition) is 7. The highest BCUT2D eigenvalue weighted by Crippen LogP contribution is 2.34. The molecule has 1 amide bonds. The molecule has 162 valence electrons. The highest BCUT2D eigenvalue weighted by molar-refractivity contribution is 5.78. The second kappa shape index (κ2) is 9.07. The summed E-state index contributed by atoms with van der Waals surface area (Å²) in [6.07, 6.45) is 1.64. The van der Waals surface area contributed by atoms with Gasteiger partial charge in [-0.15, -0.1) is 0 Å². The number of methoxy groups -OCH3 is 2. The Morgan fingerprint density at radius 3 is 2.77 bits per heavy atom. The van der Waals surface area contributed by atoms with Crippen LogP contribution in [0, 0.1) is 6.92 Å². The zero-order valence-corrected chi connectivity index (χ0v) is 17.8. The van der Waals surface area contributed by atoms with Gasteiger partial charge in [-0.3, -0.25) is 4.79 Å². The molecule has 0 N–H and O–H groups in total. The smallest absolute Gasteiger partial charge is 0.261 e. The van der Waals surface area contributed by atoms with Crippen LogP contribution >= 0.6 is 0 Å². The summed E-state index contributed by atoms with van der Waals surface area (Å²) in [5.41, 5.74) is 1.82. The van der Waals surface area contributed by atoms with Gasteiger partial charge in [0, 0.05) is 12.1 Å². The van der Waals surface area contributed by atoms with E-state index in [1.54, 1.807) is 31.3 Å². The van der Waals surface area contributed by atoms with E-state index in [9.17, 15) is 4.79 Å². The van der Waals surface area contributed by atoms with Gasteiger partial charge < -0.3 is 23.6 Å². The molecule has 0 radical (unpaired) electrons. The Hall–Kier alpha value is -3.55. The van der Waals surface area contributed by atoms with Gasteiger partial charge in [-0.05, 0) is 55.7 Å². The van der Waals surface area contributed by atoms with Crippen LogP contribution in [0.4, 0.5) is 0 Å². The minimum absolute atomic E-state index is 0.0311. The molecule has 1 saturated heterocycles. The van der Waals surface area contributed by atoms with E-state index in [-0.39, 0.29) is 18.6 Å². The Labute approximate surface area is 180 Å². The van der Waals surface area contributed by atoms with Crippen LogP contribution in [0.5, 0.6) is 17.2 Å². The number of aromatic nitrogens is 2. The van der Waals surface area contributed by atoms with Gasteiger partial charge in [0.25, 0.3) is 5.91 Å². The molecule has 31 heavy (non-hydrogen) atoms. The van der Waals surface area contributed by atoms with Gasteiger partial charge in [0.2, 0.25) is 11.7 Å². The van der Waals surface area contributed by atoms with Gasteiger partial charge in [-0.25, -0.2) is 0 Å².